The fraction of sp³-hybridized carbons (Fsp3) is 0.545. The molecule has 1 aliphatic rings. The molecule has 1 aromatic heterocycles. The number of hydrogen-bond donors (Lipinski definition) is 0. The summed E-state index contributed by atoms with van der Waals surface area (Å²) in [6, 6.07) is 2.39. The molecule has 1 aromatic rings. The third kappa shape index (κ3) is 2.57. The molecule has 1 saturated heterocycles. The van der Waals surface area contributed by atoms with Gasteiger partial charge in [-0.2, -0.15) is 0 Å². The average molecular weight is 350 g/mol. The molecule has 2 heterocycles. The number of anilines is 1. The lowest BCUT2D eigenvalue weighted by Crippen LogP contribution is -2.47. The van der Waals surface area contributed by atoms with Crippen LogP contribution in [0.4, 0.5) is 5.82 Å². The molecule has 0 N–H and O–H groups in total. The van der Waals surface area contributed by atoms with Crippen molar-refractivity contribution in [2.24, 2.45) is 0 Å². The molecule has 1 aliphatic heterocycles. The Morgan fingerprint density at radius 1 is 1.44 bits per heavy atom. The van der Waals surface area contributed by atoms with Gasteiger partial charge in [0.15, 0.2) is 0 Å². The predicted molar refractivity (Wildman–Crippen MR) is 71.9 cm³/mol. The fourth-order valence-electron chi connectivity index (χ4n) is 1.82. The highest BCUT2D eigenvalue weighted by Gasteiger charge is 2.25. The van der Waals surface area contributed by atoms with Gasteiger partial charge in [-0.05, 0) is 51.8 Å². The summed E-state index contributed by atoms with van der Waals surface area (Å²) in [5, 5.41) is 0. The van der Waals surface area contributed by atoms with Crippen LogP contribution in [0.25, 0.3) is 0 Å². The van der Waals surface area contributed by atoms with Crippen molar-refractivity contribution >= 4 is 37.7 Å². The molecule has 5 heteroatoms. The van der Waals surface area contributed by atoms with Gasteiger partial charge >= 0.3 is 0 Å². The summed E-state index contributed by atoms with van der Waals surface area (Å²) in [6.07, 6.45) is 2.08. The van der Waals surface area contributed by atoms with E-state index < -0.39 is 0 Å². The van der Waals surface area contributed by atoms with E-state index >= 15 is 0 Å². The lowest BCUT2D eigenvalue weighted by atomic mass is 10.2. The normalized spacial score (nSPS) is 25.9. The van der Waals surface area contributed by atoms with Gasteiger partial charge in [0.05, 0.1) is 23.2 Å². The first-order valence-corrected chi connectivity index (χ1v) is 6.86. The third-order valence-corrected chi connectivity index (χ3v) is 3.69. The van der Waals surface area contributed by atoms with Crippen molar-refractivity contribution in [2.75, 3.05) is 18.1 Å². The maximum Gasteiger partial charge on any atom is 0.143 e. The van der Waals surface area contributed by atoms with Crippen molar-refractivity contribution in [3.05, 3.63) is 21.2 Å². The molecule has 3 nitrogen and oxygen atoms in total. The molecular formula is C11H14Br2N2O. The van der Waals surface area contributed by atoms with Crippen LogP contribution in [-0.4, -0.2) is 30.3 Å². The Labute approximate surface area is 112 Å². The molecule has 0 amide bonds. The second kappa shape index (κ2) is 5.02. The van der Waals surface area contributed by atoms with Gasteiger partial charge in [-0.3, -0.25) is 0 Å². The van der Waals surface area contributed by atoms with Gasteiger partial charge in [0.2, 0.25) is 0 Å². The first-order chi connectivity index (χ1) is 7.58. The van der Waals surface area contributed by atoms with E-state index in [0.717, 1.165) is 27.9 Å². The van der Waals surface area contributed by atoms with Gasteiger partial charge in [0.25, 0.3) is 0 Å². The smallest absolute Gasteiger partial charge is 0.143 e. The predicted octanol–water partition coefficient (Wildman–Crippen LogP) is 3.22. The highest BCUT2D eigenvalue weighted by molar-refractivity contribution is 9.11. The number of hydrogen-bond acceptors (Lipinski definition) is 3. The number of aromatic nitrogens is 1. The van der Waals surface area contributed by atoms with E-state index in [1.54, 1.807) is 0 Å². The first-order valence-electron chi connectivity index (χ1n) is 5.27. The quantitative estimate of drug-likeness (QED) is 0.778. The minimum Gasteiger partial charge on any atom is -0.375 e. The Kier molecular flexibility index (Phi) is 3.87. The summed E-state index contributed by atoms with van der Waals surface area (Å²) in [7, 11) is 0. The molecule has 0 aliphatic carbocycles. The molecule has 1 fully saturated rings. The minimum absolute atomic E-state index is 0.258. The maximum absolute atomic E-state index is 5.61. The van der Waals surface area contributed by atoms with Crippen LogP contribution < -0.4 is 4.90 Å². The first kappa shape index (κ1) is 12.3. The Balaban J connectivity index is 2.28. The maximum atomic E-state index is 5.61. The average Bonchev–Trinajstić information content (AvgIpc) is 2.22. The van der Waals surface area contributed by atoms with E-state index in [9.17, 15) is 0 Å². The van der Waals surface area contributed by atoms with Gasteiger partial charge < -0.3 is 9.64 Å². The molecule has 0 radical (unpaired) electrons. The summed E-state index contributed by atoms with van der Waals surface area (Å²) in [5.41, 5.74) is 0. The van der Waals surface area contributed by atoms with Gasteiger partial charge in [0, 0.05) is 17.2 Å². The summed E-state index contributed by atoms with van der Waals surface area (Å²) in [4.78, 5) is 6.75. The second-order valence-corrected chi connectivity index (χ2v) is 5.87. The van der Waals surface area contributed by atoms with Crippen LogP contribution >= 0.6 is 31.9 Å². The van der Waals surface area contributed by atoms with E-state index in [0.29, 0.717) is 6.04 Å². The Hall–Kier alpha value is -0.130. The summed E-state index contributed by atoms with van der Waals surface area (Å²) >= 11 is 6.97. The summed E-state index contributed by atoms with van der Waals surface area (Å²) in [5.74, 6) is 0.992. The number of rotatable bonds is 1. The molecule has 0 saturated carbocycles. The van der Waals surface area contributed by atoms with Crippen molar-refractivity contribution in [3.63, 3.8) is 0 Å². The number of morpholine rings is 1. The van der Waals surface area contributed by atoms with E-state index in [2.05, 4.69) is 55.6 Å². The van der Waals surface area contributed by atoms with Crippen molar-refractivity contribution in [1.29, 1.82) is 0 Å². The molecule has 0 bridgehead atoms. The van der Waals surface area contributed by atoms with Crippen molar-refractivity contribution in [3.8, 4) is 0 Å². The van der Waals surface area contributed by atoms with E-state index in [4.69, 9.17) is 4.74 Å². The zero-order chi connectivity index (χ0) is 11.7. The number of nitrogens with zero attached hydrogens (tertiary/aromatic N) is 2. The Bertz CT molecular complexity index is 386. The lowest BCUT2D eigenvalue weighted by Gasteiger charge is -2.38. The monoisotopic (exact) mass is 348 g/mol. The Morgan fingerprint density at radius 3 is 2.88 bits per heavy atom. The van der Waals surface area contributed by atoms with Crippen molar-refractivity contribution < 1.29 is 4.74 Å². The lowest BCUT2D eigenvalue weighted by molar-refractivity contribution is 0.0340. The Morgan fingerprint density at radius 2 is 2.19 bits per heavy atom. The van der Waals surface area contributed by atoms with Crippen LogP contribution in [-0.2, 0) is 4.74 Å². The highest BCUT2D eigenvalue weighted by atomic mass is 79.9. The summed E-state index contributed by atoms with van der Waals surface area (Å²) < 4.78 is 7.61. The molecule has 88 valence electrons. The van der Waals surface area contributed by atoms with Crippen LogP contribution in [0.5, 0.6) is 0 Å². The minimum atomic E-state index is 0.258. The van der Waals surface area contributed by atoms with E-state index in [1.807, 2.05) is 12.3 Å². The van der Waals surface area contributed by atoms with Gasteiger partial charge in [-0.1, -0.05) is 0 Å². The second-order valence-electron chi connectivity index (χ2n) is 4.10. The highest BCUT2D eigenvalue weighted by Crippen LogP contribution is 2.29. The third-order valence-electron chi connectivity index (χ3n) is 2.67. The zero-order valence-corrected chi connectivity index (χ0v) is 12.5. The van der Waals surface area contributed by atoms with Gasteiger partial charge in [0.1, 0.15) is 5.82 Å². The molecule has 0 aromatic carbocycles. The van der Waals surface area contributed by atoms with Crippen LogP contribution in [0.1, 0.15) is 13.8 Å². The van der Waals surface area contributed by atoms with Crippen LogP contribution in [0, 0.1) is 0 Å². The van der Waals surface area contributed by atoms with E-state index in [1.165, 1.54) is 0 Å². The number of ether oxygens (including phenoxy) is 1. The van der Waals surface area contributed by atoms with Crippen LogP contribution in [0.15, 0.2) is 21.2 Å². The zero-order valence-electron chi connectivity index (χ0n) is 9.28. The molecule has 2 atom stereocenters. The van der Waals surface area contributed by atoms with Crippen LogP contribution in [0.3, 0.4) is 0 Å². The molecule has 16 heavy (non-hydrogen) atoms. The van der Waals surface area contributed by atoms with Crippen molar-refractivity contribution in [2.45, 2.75) is 26.0 Å². The number of halogens is 2. The largest absolute Gasteiger partial charge is 0.375 e. The standard InChI is InChI=1S/C11H14Br2N2O/c1-7-6-16-8(2)5-15(7)11-10(13)3-9(12)4-14-11/h3-4,7-8H,5-6H2,1-2H3. The van der Waals surface area contributed by atoms with E-state index in [-0.39, 0.29) is 6.10 Å². The summed E-state index contributed by atoms with van der Waals surface area (Å²) in [6.45, 7) is 5.88. The topological polar surface area (TPSA) is 25.4 Å². The number of pyridine rings is 1. The van der Waals surface area contributed by atoms with Gasteiger partial charge in [-0.25, -0.2) is 4.98 Å². The molecule has 2 rings (SSSR count). The SMILES string of the molecule is CC1CN(c2ncc(Br)cc2Br)C(C)CO1. The molecular weight excluding hydrogens is 336 g/mol. The van der Waals surface area contributed by atoms with Gasteiger partial charge in [-0.15, -0.1) is 0 Å². The van der Waals surface area contributed by atoms with Crippen molar-refractivity contribution in [1.82, 2.24) is 4.98 Å². The fourth-order valence-corrected chi connectivity index (χ4v) is 3.03. The molecule has 2 unspecified atom stereocenters. The van der Waals surface area contributed by atoms with Crippen LogP contribution in [0.2, 0.25) is 0 Å². The molecule has 0 spiro atoms.